The summed E-state index contributed by atoms with van der Waals surface area (Å²) in [6.07, 6.45) is 0.843. The predicted octanol–water partition coefficient (Wildman–Crippen LogP) is 4.47. The van der Waals surface area contributed by atoms with Crippen molar-refractivity contribution in [1.29, 1.82) is 0 Å². The Labute approximate surface area is 187 Å². The van der Waals surface area contributed by atoms with Gasteiger partial charge in [-0.25, -0.2) is 0 Å². The van der Waals surface area contributed by atoms with Gasteiger partial charge in [-0.2, -0.15) is 0 Å². The van der Waals surface area contributed by atoms with E-state index in [1.807, 2.05) is 67.6 Å². The second kappa shape index (κ2) is 11.0. The number of nitrogens with one attached hydrogen (secondary N) is 3. The first-order chi connectivity index (χ1) is 15.1. The van der Waals surface area contributed by atoms with E-state index in [0.717, 1.165) is 17.5 Å². The highest BCUT2D eigenvalue weighted by atomic mass is 32.1. The van der Waals surface area contributed by atoms with E-state index < -0.39 is 5.92 Å². The Hall–Kier alpha value is -3.51. The van der Waals surface area contributed by atoms with Gasteiger partial charge in [0.25, 0.3) is 5.91 Å². The molecule has 5 nitrogen and oxygen atoms in total. The van der Waals surface area contributed by atoms with Gasteiger partial charge >= 0.3 is 0 Å². The van der Waals surface area contributed by atoms with Crippen LogP contribution in [0.3, 0.4) is 0 Å². The van der Waals surface area contributed by atoms with Crippen LogP contribution >= 0.6 is 12.2 Å². The fourth-order valence-electron chi connectivity index (χ4n) is 3.25. The minimum Gasteiger partial charge on any atom is -0.352 e. The number of hydrogen-bond acceptors (Lipinski definition) is 3. The zero-order valence-corrected chi connectivity index (χ0v) is 18.1. The van der Waals surface area contributed by atoms with Gasteiger partial charge < -0.3 is 16.0 Å². The van der Waals surface area contributed by atoms with E-state index in [9.17, 15) is 9.59 Å². The van der Waals surface area contributed by atoms with Crippen LogP contribution in [0.15, 0.2) is 84.9 Å². The predicted molar refractivity (Wildman–Crippen MR) is 128 cm³/mol. The van der Waals surface area contributed by atoms with Gasteiger partial charge in [0.05, 0.1) is 17.2 Å². The van der Waals surface area contributed by atoms with Crippen molar-refractivity contribution < 1.29 is 9.59 Å². The number of carbonyl (C=O) groups excluding carboxylic acids is 2. The molecule has 0 heterocycles. The average Bonchev–Trinajstić information content (AvgIpc) is 2.79. The monoisotopic (exact) mass is 431 g/mol. The molecule has 0 saturated heterocycles. The number of para-hydroxylation sites is 1. The molecule has 158 valence electrons. The normalized spacial score (nSPS) is 10.4. The molecule has 0 radical (unpaired) electrons. The molecule has 6 heteroatoms. The summed E-state index contributed by atoms with van der Waals surface area (Å²) in [6.45, 7) is 2.58. The smallest absolute Gasteiger partial charge is 0.253 e. The average molecular weight is 432 g/mol. The molecule has 31 heavy (non-hydrogen) atoms. The standard InChI is InChI=1S/C25H25N3O2S/c1-2-17-26-23(29)20-15-9-10-16-21(20)27-25(31)28-24(30)22(18-11-5-3-6-12-18)19-13-7-4-8-14-19/h3-16,22H,2,17H2,1H3,(H,26,29)(H2,27,28,30,31). The second-order valence-electron chi connectivity index (χ2n) is 7.00. The SMILES string of the molecule is CCCNC(=O)c1ccccc1NC(=S)NC(=O)C(c1ccccc1)c1ccccc1. The molecule has 0 aliphatic rings. The lowest BCUT2D eigenvalue weighted by atomic mass is 9.90. The molecule has 2 amide bonds. The maximum Gasteiger partial charge on any atom is 0.253 e. The van der Waals surface area contributed by atoms with Crippen molar-refractivity contribution in [2.75, 3.05) is 11.9 Å². The van der Waals surface area contributed by atoms with Crippen molar-refractivity contribution in [2.45, 2.75) is 19.3 Å². The highest BCUT2D eigenvalue weighted by Gasteiger charge is 2.23. The van der Waals surface area contributed by atoms with Crippen molar-refractivity contribution in [3.63, 3.8) is 0 Å². The Morgan fingerprint density at radius 2 is 1.39 bits per heavy atom. The maximum absolute atomic E-state index is 13.2. The molecular weight excluding hydrogens is 406 g/mol. The van der Waals surface area contributed by atoms with Crippen molar-refractivity contribution in [1.82, 2.24) is 10.6 Å². The van der Waals surface area contributed by atoms with Gasteiger partial charge in [-0.05, 0) is 41.9 Å². The van der Waals surface area contributed by atoms with Crippen LogP contribution in [0.25, 0.3) is 0 Å². The van der Waals surface area contributed by atoms with E-state index in [1.165, 1.54) is 0 Å². The fraction of sp³-hybridized carbons (Fsp3) is 0.160. The van der Waals surface area contributed by atoms with Crippen LogP contribution < -0.4 is 16.0 Å². The molecule has 3 aromatic rings. The summed E-state index contributed by atoms with van der Waals surface area (Å²) in [5.41, 5.74) is 2.74. The summed E-state index contributed by atoms with van der Waals surface area (Å²) in [5, 5.41) is 8.77. The lowest BCUT2D eigenvalue weighted by molar-refractivity contribution is -0.120. The summed E-state index contributed by atoms with van der Waals surface area (Å²) in [7, 11) is 0. The molecule has 0 saturated carbocycles. The van der Waals surface area contributed by atoms with Crippen LogP contribution in [0.2, 0.25) is 0 Å². The Morgan fingerprint density at radius 3 is 1.97 bits per heavy atom. The van der Waals surface area contributed by atoms with E-state index in [2.05, 4.69) is 16.0 Å². The van der Waals surface area contributed by atoms with Gasteiger partial charge in [-0.15, -0.1) is 0 Å². The maximum atomic E-state index is 13.2. The Kier molecular flexibility index (Phi) is 7.90. The molecule has 0 aliphatic carbocycles. The van der Waals surface area contributed by atoms with Gasteiger partial charge in [-0.3, -0.25) is 9.59 Å². The van der Waals surface area contributed by atoms with Crippen LogP contribution in [-0.2, 0) is 4.79 Å². The van der Waals surface area contributed by atoms with Gasteiger partial charge in [-0.1, -0.05) is 79.7 Å². The van der Waals surface area contributed by atoms with E-state index in [1.54, 1.807) is 24.3 Å². The zero-order valence-electron chi connectivity index (χ0n) is 17.3. The Bertz CT molecular complexity index is 999. The van der Waals surface area contributed by atoms with Crippen LogP contribution in [0.4, 0.5) is 5.69 Å². The van der Waals surface area contributed by atoms with E-state index in [4.69, 9.17) is 12.2 Å². The minimum atomic E-state index is -0.509. The van der Waals surface area contributed by atoms with E-state index >= 15 is 0 Å². The van der Waals surface area contributed by atoms with Crippen molar-refractivity contribution in [2.24, 2.45) is 0 Å². The lowest BCUT2D eigenvalue weighted by Crippen LogP contribution is -2.38. The first-order valence-electron chi connectivity index (χ1n) is 10.2. The zero-order chi connectivity index (χ0) is 22.1. The molecule has 0 atom stereocenters. The van der Waals surface area contributed by atoms with Crippen LogP contribution in [0, 0.1) is 0 Å². The third-order valence-corrected chi connectivity index (χ3v) is 4.92. The highest BCUT2D eigenvalue weighted by Crippen LogP contribution is 2.25. The van der Waals surface area contributed by atoms with Gasteiger partial charge in [0.15, 0.2) is 5.11 Å². The third kappa shape index (κ3) is 5.99. The summed E-state index contributed by atoms with van der Waals surface area (Å²) < 4.78 is 0. The van der Waals surface area contributed by atoms with E-state index in [0.29, 0.717) is 17.8 Å². The van der Waals surface area contributed by atoms with Crippen molar-refractivity contribution in [3.05, 3.63) is 102 Å². The molecule has 0 bridgehead atoms. The quantitative estimate of drug-likeness (QED) is 0.483. The number of thiocarbonyl (C=S) groups is 1. The molecule has 0 spiro atoms. The number of anilines is 1. The van der Waals surface area contributed by atoms with Gasteiger partial charge in [0.1, 0.15) is 0 Å². The van der Waals surface area contributed by atoms with Gasteiger partial charge in [0, 0.05) is 6.54 Å². The number of hydrogen-bond donors (Lipinski definition) is 3. The number of amides is 2. The van der Waals surface area contributed by atoms with Crippen LogP contribution in [-0.4, -0.2) is 23.5 Å². The summed E-state index contributed by atoms with van der Waals surface area (Å²) >= 11 is 5.39. The third-order valence-electron chi connectivity index (χ3n) is 4.72. The van der Waals surface area contributed by atoms with Crippen LogP contribution in [0.5, 0.6) is 0 Å². The molecule has 0 aliphatic heterocycles. The van der Waals surface area contributed by atoms with Crippen LogP contribution in [0.1, 0.15) is 40.7 Å². The lowest BCUT2D eigenvalue weighted by Gasteiger charge is -2.19. The van der Waals surface area contributed by atoms with Crippen molar-refractivity contribution in [3.8, 4) is 0 Å². The Balaban J connectivity index is 1.77. The topological polar surface area (TPSA) is 70.2 Å². The molecule has 0 aromatic heterocycles. The molecule has 3 aromatic carbocycles. The second-order valence-corrected chi connectivity index (χ2v) is 7.41. The first kappa shape index (κ1) is 22.2. The largest absolute Gasteiger partial charge is 0.352 e. The molecule has 3 N–H and O–H groups in total. The highest BCUT2D eigenvalue weighted by molar-refractivity contribution is 7.80. The fourth-order valence-corrected chi connectivity index (χ4v) is 3.46. The molecular formula is C25H25N3O2S. The minimum absolute atomic E-state index is 0.137. The first-order valence-corrected chi connectivity index (χ1v) is 10.6. The molecule has 0 unspecified atom stereocenters. The summed E-state index contributed by atoms with van der Waals surface area (Å²) in [5.74, 6) is -0.946. The van der Waals surface area contributed by atoms with Gasteiger partial charge in [0.2, 0.25) is 5.91 Å². The number of benzene rings is 3. The Morgan fingerprint density at radius 1 is 0.839 bits per heavy atom. The number of rotatable bonds is 7. The molecule has 0 fully saturated rings. The van der Waals surface area contributed by atoms with Crippen molar-refractivity contribution >= 4 is 34.8 Å². The molecule has 3 rings (SSSR count). The summed E-state index contributed by atoms with van der Waals surface area (Å²) in [6, 6.07) is 26.2. The number of carbonyl (C=O) groups is 2. The van der Waals surface area contributed by atoms with E-state index in [-0.39, 0.29) is 16.9 Å². The summed E-state index contributed by atoms with van der Waals surface area (Å²) in [4.78, 5) is 25.6.